The van der Waals surface area contributed by atoms with Gasteiger partial charge in [0.15, 0.2) is 5.16 Å². The lowest BCUT2D eigenvalue weighted by molar-refractivity contribution is -0.120. The van der Waals surface area contributed by atoms with Crippen molar-refractivity contribution < 1.29 is 9.18 Å². The largest absolute Gasteiger partial charge is 0.352 e. The van der Waals surface area contributed by atoms with Crippen LogP contribution in [0.25, 0.3) is 11.3 Å². The molecule has 1 fully saturated rings. The van der Waals surface area contributed by atoms with Crippen LogP contribution in [-0.4, -0.2) is 26.8 Å². The van der Waals surface area contributed by atoms with Crippen LogP contribution in [0, 0.1) is 5.82 Å². The maximum atomic E-state index is 13.4. The molecule has 1 N–H and O–H groups in total. The summed E-state index contributed by atoms with van der Waals surface area (Å²) in [6.07, 6.45) is 3.94. The molecular weight excluding hydrogens is 373 g/mol. The first-order valence-electron chi connectivity index (χ1n) is 9.42. The first-order chi connectivity index (χ1) is 13.6. The fourth-order valence-electron chi connectivity index (χ4n) is 2.98. The van der Waals surface area contributed by atoms with E-state index in [4.69, 9.17) is 0 Å². The molecule has 4 rings (SSSR count). The van der Waals surface area contributed by atoms with Crippen LogP contribution in [0.1, 0.15) is 25.3 Å². The summed E-state index contributed by atoms with van der Waals surface area (Å²) < 4.78 is 15.4. The molecule has 28 heavy (non-hydrogen) atoms. The summed E-state index contributed by atoms with van der Waals surface area (Å²) in [6, 6.07) is 16.9. The van der Waals surface area contributed by atoms with Crippen molar-refractivity contribution in [2.45, 2.75) is 42.8 Å². The number of thioether (sulfide) groups is 1. The van der Waals surface area contributed by atoms with Crippen molar-refractivity contribution in [2.75, 3.05) is 0 Å². The van der Waals surface area contributed by atoms with E-state index in [1.165, 1.54) is 23.9 Å². The summed E-state index contributed by atoms with van der Waals surface area (Å²) in [7, 11) is 0. The van der Waals surface area contributed by atoms with Gasteiger partial charge < -0.3 is 9.88 Å². The molecule has 0 radical (unpaired) electrons. The maximum absolute atomic E-state index is 13.4. The molecule has 2 aromatic carbocycles. The third-order valence-electron chi connectivity index (χ3n) is 4.72. The third kappa shape index (κ3) is 4.44. The van der Waals surface area contributed by atoms with Crippen LogP contribution in [0.5, 0.6) is 0 Å². The van der Waals surface area contributed by atoms with Crippen LogP contribution < -0.4 is 5.32 Å². The molecule has 1 aromatic heterocycles. The van der Waals surface area contributed by atoms with E-state index in [2.05, 4.69) is 27.0 Å². The van der Waals surface area contributed by atoms with Crippen LogP contribution in [0.2, 0.25) is 0 Å². The summed E-state index contributed by atoms with van der Waals surface area (Å²) in [4.78, 5) is 17.0. The van der Waals surface area contributed by atoms with Crippen LogP contribution >= 0.6 is 11.8 Å². The highest BCUT2D eigenvalue weighted by Gasteiger charge is 2.27. The van der Waals surface area contributed by atoms with E-state index in [9.17, 15) is 9.18 Å². The quantitative estimate of drug-likeness (QED) is 0.600. The molecule has 0 aliphatic heterocycles. The minimum atomic E-state index is -0.266. The van der Waals surface area contributed by atoms with Gasteiger partial charge in [-0.25, -0.2) is 9.37 Å². The monoisotopic (exact) mass is 395 g/mol. The highest BCUT2D eigenvalue weighted by Crippen LogP contribution is 2.30. The SMILES string of the molecule is CC(Sc1ncc(-c2ccc(F)cc2)n1Cc1ccccc1)C(=O)NC1CC1. The zero-order chi connectivity index (χ0) is 19.5. The van der Waals surface area contributed by atoms with Crippen LogP contribution in [0.3, 0.4) is 0 Å². The molecule has 1 aliphatic rings. The van der Waals surface area contributed by atoms with Crippen molar-refractivity contribution in [3.63, 3.8) is 0 Å². The van der Waals surface area contributed by atoms with Crippen molar-refractivity contribution in [1.29, 1.82) is 0 Å². The van der Waals surface area contributed by atoms with Crippen molar-refractivity contribution in [3.05, 3.63) is 72.2 Å². The number of nitrogens with one attached hydrogen (secondary N) is 1. The molecule has 4 nitrogen and oxygen atoms in total. The minimum absolute atomic E-state index is 0.0464. The van der Waals surface area contributed by atoms with Gasteiger partial charge >= 0.3 is 0 Å². The van der Waals surface area contributed by atoms with E-state index in [-0.39, 0.29) is 17.0 Å². The zero-order valence-corrected chi connectivity index (χ0v) is 16.5. The number of imidazole rings is 1. The molecule has 1 unspecified atom stereocenters. The number of halogens is 1. The molecule has 1 atom stereocenters. The Kier molecular flexibility index (Phi) is 5.48. The number of amides is 1. The number of nitrogens with zero attached hydrogens (tertiary/aromatic N) is 2. The molecular formula is C22H22FN3OS. The number of carbonyl (C=O) groups excluding carboxylic acids is 1. The van der Waals surface area contributed by atoms with Gasteiger partial charge in [-0.2, -0.15) is 0 Å². The van der Waals surface area contributed by atoms with Crippen LogP contribution in [0.15, 0.2) is 66.0 Å². The van der Waals surface area contributed by atoms with E-state index in [1.807, 2.05) is 25.1 Å². The fourth-order valence-corrected chi connectivity index (χ4v) is 3.88. The zero-order valence-electron chi connectivity index (χ0n) is 15.6. The highest BCUT2D eigenvalue weighted by molar-refractivity contribution is 8.00. The van der Waals surface area contributed by atoms with Crippen molar-refractivity contribution in [1.82, 2.24) is 14.9 Å². The molecule has 3 aromatic rings. The van der Waals surface area contributed by atoms with Gasteiger partial charge in [0.05, 0.1) is 23.7 Å². The van der Waals surface area contributed by atoms with Crippen molar-refractivity contribution in [2.24, 2.45) is 0 Å². The van der Waals surface area contributed by atoms with Crippen molar-refractivity contribution >= 4 is 17.7 Å². The van der Waals surface area contributed by atoms with E-state index in [0.29, 0.717) is 12.6 Å². The van der Waals surface area contributed by atoms with Gasteiger partial charge in [0, 0.05) is 6.04 Å². The second-order valence-electron chi connectivity index (χ2n) is 7.05. The van der Waals surface area contributed by atoms with Gasteiger partial charge in [0.2, 0.25) is 5.91 Å². The van der Waals surface area contributed by atoms with Gasteiger partial charge in [-0.3, -0.25) is 4.79 Å². The summed E-state index contributed by atoms with van der Waals surface area (Å²) in [6.45, 7) is 2.54. The molecule has 1 heterocycles. The molecule has 1 saturated carbocycles. The van der Waals surface area contributed by atoms with Crippen LogP contribution in [0.4, 0.5) is 4.39 Å². The number of aromatic nitrogens is 2. The van der Waals surface area contributed by atoms with Gasteiger partial charge in [-0.1, -0.05) is 42.1 Å². The summed E-state index contributed by atoms with van der Waals surface area (Å²) in [5.41, 5.74) is 2.94. The third-order valence-corrected chi connectivity index (χ3v) is 5.82. The fraction of sp³-hybridized carbons (Fsp3) is 0.273. The van der Waals surface area contributed by atoms with E-state index >= 15 is 0 Å². The predicted octanol–water partition coefficient (Wildman–Crippen LogP) is 4.50. The Balaban J connectivity index is 1.63. The van der Waals surface area contributed by atoms with E-state index < -0.39 is 0 Å². The Morgan fingerprint density at radius 3 is 2.61 bits per heavy atom. The summed E-state index contributed by atoms with van der Waals surface area (Å²) >= 11 is 1.45. The normalized spacial score (nSPS) is 14.6. The smallest absolute Gasteiger partial charge is 0.233 e. The molecule has 0 bridgehead atoms. The maximum Gasteiger partial charge on any atom is 0.233 e. The van der Waals surface area contributed by atoms with Crippen LogP contribution in [-0.2, 0) is 11.3 Å². The lowest BCUT2D eigenvalue weighted by Gasteiger charge is -2.15. The number of hydrogen-bond donors (Lipinski definition) is 1. The van der Waals surface area contributed by atoms with Gasteiger partial charge in [-0.15, -0.1) is 0 Å². The number of carbonyl (C=O) groups is 1. The first kappa shape index (κ1) is 18.7. The molecule has 1 amide bonds. The Bertz CT molecular complexity index is 952. The standard InChI is InChI=1S/C22H22FN3OS/c1-15(21(27)25-19-11-12-19)28-22-24-13-20(17-7-9-18(23)10-8-17)26(22)14-16-5-3-2-4-6-16/h2-10,13,15,19H,11-12,14H2,1H3,(H,25,27). The Morgan fingerprint density at radius 1 is 1.21 bits per heavy atom. The Labute approximate surface area is 168 Å². The second-order valence-corrected chi connectivity index (χ2v) is 8.36. The summed E-state index contributed by atoms with van der Waals surface area (Å²) in [5, 5.41) is 3.59. The molecule has 6 heteroatoms. The first-order valence-corrected chi connectivity index (χ1v) is 10.3. The number of hydrogen-bond acceptors (Lipinski definition) is 3. The lowest BCUT2D eigenvalue weighted by Crippen LogP contribution is -2.32. The van der Waals surface area contributed by atoms with Gasteiger partial charge in [0.25, 0.3) is 0 Å². The second kappa shape index (κ2) is 8.19. The molecule has 144 valence electrons. The Hall–Kier alpha value is -2.60. The average molecular weight is 396 g/mol. The topological polar surface area (TPSA) is 46.9 Å². The minimum Gasteiger partial charge on any atom is -0.352 e. The lowest BCUT2D eigenvalue weighted by atomic mass is 10.1. The van der Waals surface area contributed by atoms with Gasteiger partial charge in [-0.05, 0) is 55.2 Å². The number of rotatable bonds is 7. The average Bonchev–Trinajstić information content (AvgIpc) is 3.44. The number of benzene rings is 2. The molecule has 0 saturated heterocycles. The highest BCUT2D eigenvalue weighted by atomic mass is 32.2. The summed E-state index contributed by atoms with van der Waals surface area (Å²) in [5.74, 6) is -0.220. The predicted molar refractivity (Wildman–Crippen MR) is 110 cm³/mol. The van der Waals surface area contributed by atoms with Gasteiger partial charge in [0.1, 0.15) is 5.82 Å². The van der Waals surface area contributed by atoms with E-state index in [0.717, 1.165) is 34.8 Å². The molecule has 0 spiro atoms. The Morgan fingerprint density at radius 2 is 1.93 bits per heavy atom. The van der Waals surface area contributed by atoms with Crippen molar-refractivity contribution in [3.8, 4) is 11.3 Å². The van der Waals surface area contributed by atoms with E-state index in [1.54, 1.807) is 18.3 Å². The molecule has 1 aliphatic carbocycles.